The second-order valence-corrected chi connectivity index (χ2v) is 4.38. The third kappa shape index (κ3) is 4.21. The highest BCUT2D eigenvalue weighted by molar-refractivity contribution is 5.66. The van der Waals surface area contributed by atoms with Crippen molar-refractivity contribution < 1.29 is 30.0 Å². The summed E-state index contributed by atoms with van der Waals surface area (Å²) in [5, 5.41) is 35.8. The molecule has 1 aliphatic heterocycles. The number of hydrogen-bond donors (Lipinski definition) is 5. The summed E-state index contributed by atoms with van der Waals surface area (Å²) >= 11 is 0. The Hall–Kier alpha value is -2.08. The summed E-state index contributed by atoms with van der Waals surface area (Å²) < 4.78 is 6.04. The van der Waals surface area contributed by atoms with E-state index in [-0.39, 0.29) is 12.4 Å². The van der Waals surface area contributed by atoms with Gasteiger partial charge in [0, 0.05) is 6.42 Å². The van der Waals surface area contributed by atoms with Gasteiger partial charge in [0.1, 0.15) is 24.6 Å². The van der Waals surface area contributed by atoms with E-state index in [1.54, 1.807) is 6.92 Å². The number of aliphatic carboxylic acids is 1. The van der Waals surface area contributed by atoms with Crippen LogP contribution in [0.2, 0.25) is 0 Å². The first-order valence-corrected chi connectivity index (χ1v) is 6.36. The molecule has 1 saturated heterocycles. The van der Waals surface area contributed by atoms with Crippen molar-refractivity contribution in [2.45, 2.75) is 37.9 Å². The van der Waals surface area contributed by atoms with Crippen LogP contribution in [0.4, 0.5) is 5.95 Å². The van der Waals surface area contributed by atoms with Crippen molar-refractivity contribution in [1.82, 2.24) is 14.5 Å². The Balaban J connectivity index is 0.000000422. The van der Waals surface area contributed by atoms with Gasteiger partial charge >= 0.3 is 11.7 Å². The fourth-order valence-electron chi connectivity index (χ4n) is 1.64. The normalized spacial score (nSPS) is 27.1. The van der Waals surface area contributed by atoms with Gasteiger partial charge in [-0.15, -0.1) is 0 Å². The molecule has 11 heteroatoms. The van der Waals surface area contributed by atoms with Gasteiger partial charge in [-0.2, -0.15) is 4.98 Å². The second-order valence-electron chi connectivity index (χ2n) is 4.38. The lowest BCUT2D eigenvalue weighted by molar-refractivity contribution is -0.136. The molecule has 0 bridgehead atoms. The summed E-state index contributed by atoms with van der Waals surface area (Å²) in [7, 11) is 0. The Bertz CT molecular complexity index is 564. The maximum Gasteiger partial charge on any atom is 0.354 e. The molecule has 4 atom stereocenters. The maximum atomic E-state index is 11.5. The van der Waals surface area contributed by atoms with Gasteiger partial charge in [0.2, 0.25) is 5.95 Å². The molecule has 1 aliphatic rings. The van der Waals surface area contributed by atoms with E-state index in [9.17, 15) is 19.8 Å². The third-order valence-corrected chi connectivity index (χ3v) is 2.84. The number of carbonyl (C=O) groups is 1. The Morgan fingerprint density at radius 3 is 2.45 bits per heavy atom. The second kappa shape index (κ2) is 7.79. The van der Waals surface area contributed by atoms with E-state index in [4.69, 9.17) is 20.7 Å². The highest BCUT2D eigenvalue weighted by Gasteiger charge is 2.43. The summed E-state index contributed by atoms with van der Waals surface area (Å²) in [5.74, 6) is -0.942. The first kappa shape index (κ1) is 18.0. The molecule has 1 aromatic rings. The standard InChI is InChI=1S/C8H12N4O5.C3H6O2/c9-7-10-2-12(8(16)11-7)6-5(15)4(14)3(1-13)17-6;1-2-3(4)5/h2-6,13-15H,1H2,(H2,9,11,16);2H2,1H3,(H,4,5)/t3-,4-,5-,6-;/m1./s1. The number of nitrogens with two attached hydrogens (primary N) is 1. The maximum absolute atomic E-state index is 11.5. The van der Waals surface area contributed by atoms with Crippen LogP contribution in [0.1, 0.15) is 19.6 Å². The number of nitrogen functional groups attached to an aromatic ring is 1. The van der Waals surface area contributed by atoms with E-state index >= 15 is 0 Å². The highest BCUT2D eigenvalue weighted by Crippen LogP contribution is 2.27. The predicted molar refractivity (Wildman–Crippen MR) is 71.6 cm³/mol. The summed E-state index contributed by atoms with van der Waals surface area (Å²) in [4.78, 5) is 27.8. The Morgan fingerprint density at radius 2 is 2.05 bits per heavy atom. The van der Waals surface area contributed by atoms with Gasteiger partial charge in [-0.25, -0.2) is 9.78 Å². The number of hydrogen-bond acceptors (Lipinski definition) is 9. The average molecular weight is 318 g/mol. The van der Waals surface area contributed by atoms with Crippen molar-refractivity contribution >= 4 is 11.9 Å². The number of carboxylic acid groups (broad SMARTS) is 1. The van der Waals surface area contributed by atoms with Crippen molar-refractivity contribution in [3.05, 3.63) is 16.8 Å². The lowest BCUT2D eigenvalue weighted by Crippen LogP contribution is -2.36. The zero-order valence-electron chi connectivity index (χ0n) is 11.7. The van der Waals surface area contributed by atoms with Gasteiger partial charge in [-0.3, -0.25) is 9.36 Å². The highest BCUT2D eigenvalue weighted by atomic mass is 16.6. The minimum Gasteiger partial charge on any atom is -0.481 e. The number of nitrogens with zero attached hydrogens (tertiary/aromatic N) is 3. The largest absolute Gasteiger partial charge is 0.481 e. The van der Waals surface area contributed by atoms with E-state index in [2.05, 4.69) is 9.97 Å². The monoisotopic (exact) mass is 318 g/mol. The Kier molecular flexibility index (Phi) is 6.37. The number of aromatic nitrogens is 3. The molecule has 0 amide bonds. The molecule has 0 aromatic carbocycles. The van der Waals surface area contributed by atoms with Crippen molar-refractivity contribution in [2.24, 2.45) is 0 Å². The first-order valence-electron chi connectivity index (χ1n) is 6.36. The van der Waals surface area contributed by atoms with Crippen LogP contribution in [-0.4, -0.2) is 65.8 Å². The van der Waals surface area contributed by atoms with Gasteiger partial charge in [0.05, 0.1) is 6.61 Å². The molecule has 2 rings (SSSR count). The van der Waals surface area contributed by atoms with Gasteiger partial charge in [0.15, 0.2) is 6.23 Å². The van der Waals surface area contributed by atoms with E-state index in [0.717, 1.165) is 10.9 Å². The number of anilines is 1. The molecule has 0 spiro atoms. The Labute approximate surface area is 124 Å². The minimum absolute atomic E-state index is 0.196. The summed E-state index contributed by atoms with van der Waals surface area (Å²) in [6.45, 7) is 1.13. The van der Waals surface area contributed by atoms with Crippen molar-refractivity contribution in [3.63, 3.8) is 0 Å². The molecule has 1 aromatic heterocycles. The molecule has 0 unspecified atom stereocenters. The Morgan fingerprint density at radius 1 is 1.45 bits per heavy atom. The molecule has 22 heavy (non-hydrogen) atoms. The van der Waals surface area contributed by atoms with Crippen LogP contribution in [0.5, 0.6) is 0 Å². The van der Waals surface area contributed by atoms with Crippen LogP contribution in [-0.2, 0) is 9.53 Å². The molecular formula is C11H18N4O7. The average Bonchev–Trinajstić information content (AvgIpc) is 2.76. The van der Waals surface area contributed by atoms with E-state index < -0.39 is 42.8 Å². The van der Waals surface area contributed by atoms with Crippen molar-refractivity contribution in [3.8, 4) is 0 Å². The lowest BCUT2D eigenvalue weighted by Gasteiger charge is -2.16. The smallest absolute Gasteiger partial charge is 0.354 e. The number of rotatable bonds is 3. The van der Waals surface area contributed by atoms with Crippen LogP contribution in [0, 0.1) is 0 Å². The van der Waals surface area contributed by atoms with Gasteiger partial charge in [0.25, 0.3) is 0 Å². The van der Waals surface area contributed by atoms with Crippen LogP contribution >= 0.6 is 0 Å². The minimum atomic E-state index is -1.35. The van der Waals surface area contributed by atoms with Crippen LogP contribution in [0.25, 0.3) is 0 Å². The number of aliphatic hydroxyl groups excluding tert-OH is 3. The number of aliphatic hydroxyl groups is 3. The van der Waals surface area contributed by atoms with Crippen molar-refractivity contribution in [2.75, 3.05) is 12.3 Å². The molecule has 1 fully saturated rings. The zero-order chi connectivity index (χ0) is 16.9. The van der Waals surface area contributed by atoms with Gasteiger partial charge in [-0.05, 0) is 0 Å². The molecule has 124 valence electrons. The molecule has 0 saturated carbocycles. The molecule has 0 radical (unpaired) electrons. The quantitative estimate of drug-likeness (QED) is 0.393. The zero-order valence-corrected chi connectivity index (χ0v) is 11.7. The number of carboxylic acids is 1. The van der Waals surface area contributed by atoms with E-state index in [1.165, 1.54) is 0 Å². The van der Waals surface area contributed by atoms with Crippen LogP contribution < -0.4 is 11.4 Å². The molecule has 6 N–H and O–H groups in total. The summed E-state index contributed by atoms with van der Waals surface area (Å²) in [5.41, 5.74) is 4.46. The van der Waals surface area contributed by atoms with Gasteiger partial charge in [-0.1, -0.05) is 6.92 Å². The molecule has 11 nitrogen and oxygen atoms in total. The third-order valence-electron chi connectivity index (χ3n) is 2.84. The summed E-state index contributed by atoms with van der Waals surface area (Å²) in [6, 6.07) is 0. The van der Waals surface area contributed by atoms with E-state index in [1.807, 2.05) is 0 Å². The van der Waals surface area contributed by atoms with Crippen molar-refractivity contribution in [1.29, 1.82) is 0 Å². The summed E-state index contributed by atoms with van der Waals surface area (Å²) in [6.07, 6.45) is -3.45. The molecule has 0 aliphatic carbocycles. The predicted octanol–water partition coefficient (Wildman–Crippen LogP) is -2.69. The molecular weight excluding hydrogens is 300 g/mol. The van der Waals surface area contributed by atoms with E-state index in [0.29, 0.717) is 0 Å². The van der Waals surface area contributed by atoms with Crippen LogP contribution in [0.3, 0.4) is 0 Å². The SMILES string of the molecule is CCC(=O)O.Nc1ncn([C@@H]2O[C@H](CO)[C@@H](O)[C@H]2O)c(=O)n1. The van der Waals surface area contributed by atoms with Crippen LogP contribution in [0.15, 0.2) is 11.1 Å². The fraction of sp³-hybridized carbons (Fsp3) is 0.636. The van der Waals surface area contributed by atoms with Gasteiger partial charge < -0.3 is 30.9 Å². The lowest BCUT2D eigenvalue weighted by atomic mass is 10.1. The molecule has 2 heterocycles. The topological polar surface area (TPSA) is 181 Å². The number of ether oxygens (including phenoxy) is 1. The fourth-order valence-corrected chi connectivity index (χ4v) is 1.64. The first-order chi connectivity index (χ1) is 10.3.